The van der Waals surface area contributed by atoms with Crippen molar-refractivity contribution in [2.45, 2.75) is 34.6 Å². The van der Waals surface area contributed by atoms with Gasteiger partial charge in [0.2, 0.25) is 0 Å². The highest BCUT2D eigenvalue weighted by Gasteiger charge is 2.23. The number of rotatable bonds is 3. The van der Waals surface area contributed by atoms with E-state index in [1.807, 2.05) is 26.0 Å². The van der Waals surface area contributed by atoms with Crippen molar-refractivity contribution in [1.82, 2.24) is 0 Å². The molecule has 0 unspecified atom stereocenters. The second-order valence-electron chi connectivity index (χ2n) is 5.63. The molecule has 0 saturated heterocycles. The second-order valence-corrected chi connectivity index (χ2v) is 5.63. The van der Waals surface area contributed by atoms with Gasteiger partial charge in [-0.3, -0.25) is 5.01 Å². The molecule has 0 aromatic heterocycles. The number of hydrazine groups is 1. The predicted octanol–water partition coefficient (Wildman–Crippen LogP) is 4.40. The predicted molar refractivity (Wildman–Crippen MR) is 80.0 cm³/mol. The van der Waals surface area contributed by atoms with Crippen LogP contribution in [0.25, 0.3) is 0 Å². The fraction of sp³-hybridized carbons (Fsp3) is 0.375. The Morgan fingerprint density at radius 3 is 2.32 bits per heavy atom. The number of para-hydroxylation sites is 1. The lowest BCUT2D eigenvalue weighted by Gasteiger charge is -2.32. The van der Waals surface area contributed by atoms with Crippen molar-refractivity contribution < 1.29 is 4.39 Å². The van der Waals surface area contributed by atoms with Gasteiger partial charge in [-0.25, -0.2) is 10.2 Å². The molecule has 1 aromatic rings. The van der Waals surface area contributed by atoms with E-state index >= 15 is 0 Å². The smallest absolute Gasteiger partial charge is 0.148 e. The SMILES string of the molecule is C/C=C(C)\C=C(/N(N)c1ccccc1F)C(C)(C)C. The molecule has 0 spiro atoms. The topological polar surface area (TPSA) is 29.3 Å². The van der Waals surface area contributed by atoms with Crippen LogP contribution in [0.1, 0.15) is 34.6 Å². The van der Waals surface area contributed by atoms with Crippen LogP contribution in [-0.4, -0.2) is 0 Å². The van der Waals surface area contributed by atoms with Crippen molar-refractivity contribution in [2.75, 3.05) is 5.01 Å². The van der Waals surface area contributed by atoms with Crippen molar-refractivity contribution in [1.29, 1.82) is 0 Å². The zero-order chi connectivity index (χ0) is 14.6. The molecule has 0 bridgehead atoms. The third-order valence-corrected chi connectivity index (χ3v) is 2.96. The summed E-state index contributed by atoms with van der Waals surface area (Å²) in [5, 5.41) is 1.43. The summed E-state index contributed by atoms with van der Waals surface area (Å²) in [6.45, 7) is 10.1. The van der Waals surface area contributed by atoms with E-state index in [2.05, 4.69) is 20.8 Å². The van der Waals surface area contributed by atoms with Gasteiger partial charge in [0, 0.05) is 11.1 Å². The molecule has 0 radical (unpaired) electrons. The number of allylic oxidation sites excluding steroid dienone is 4. The van der Waals surface area contributed by atoms with E-state index < -0.39 is 0 Å². The minimum absolute atomic E-state index is 0.179. The standard InChI is InChI=1S/C16H23FN2/c1-6-12(2)11-15(16(3,4)5)19(18)14-10-8-7-9-13(14)17/h6-11H,18H2,1-5H3/b12-6-,15-11-. The van der Waals surface area contributed by atoms with E-state index in [-0.39, 0.29) is 11.2 Å². The van der Waals surface area contributed by atoms with Gasteiger partial charge in [-0.05, 0) is 32.1 Å². The number of hydrogen-bond donors (Lipinski definition) is 1. The third-order valence-electron chi connectivity index (χ3n) is 2.96. The summed E-state index contributed by atoms with van der Waals surface area (Å²) in [6, 6.07) is 6.53. The van der Waals surface area contributed by atoms with Crippen molar-refractivity contribution in [3.8, 4) is 0 Å². The van der Waals surface area contributed by atoms with Crippen LogP contribution in [0.4, 0.5) is 10.1 Å². The Morgan fingerprint density at radius 1 is 1.26 bits per heavy atom. The molecule has 0 aliphatic carbocycles. The lowest BCUT2D eigenvalue weighted by atomic mass is 9.90. The van der Waals surface area contributed by atoms with E-state index in [1.54, 1.807) is 18.2 Å². The second kappa shape index (κ2) is 6.02. The van der Waals surface area contributed by atoms with Gasteiger partial charge in [0.05, 0.1) is 5.69 Å². The molecule has 0 aliphatic heterocycles. The maximum atomic E-state index is 13.8. The van der Waals surface area contributed by atoms with Crippen LogP contribution in [0, 0.1) is 11.2 Å². The Bertz CT molecular complexity index is 496. The van der Waals surface area contributed by atoms with E-state index in [1.165, 1.54) is 11.1 Å². The van der Waals surface area contributed by atoms with Crippen molar-refractivity contribution in [3.05, 3.63) is 53.5 Å². The van der Waals surface area contributed by atoms with Gasteiger partial charge < -0.3 is 0 Å². The first-order valence-electron chi connectivity index (χ1n) is 6.42. The largest absolute Gasteiger partial charge is 0.280 e. The molecular weight excluding hydrogens is 239 g/mol. The average molecular weight is 262 g/mol. The summed E-state index contributed by atoms with van der Waals surface area (Å²) in [5.41, 5.74) is 2.17. The molecule has 2 N–H and O–H groups in total. The van der Waals surface area contributed by atoms with Crippen LogP contribution < -0.4 is 10.9 Å². The molecule has 0 amide bonds. The first-order chi connectivity index (χ1) is 8.77. The van der Waals surface area contributed by atoms with E-state index in [0.29, 0.717) is 5.69 Å². The lowest BCUT2D eigenvalue weighted by Crippen LogP contribution is -2.36. The van der Waals surface area contributed by atoms with Crippen LogP contribution in [0.15, 0.2) is 47.7 Å². The molecule has 0 heterocycles. The first kappa shape index (κ1) is 15.4. The summed E-state index contributed by atoms with van der Waals surface area (Å²) in [5.74, 6) is 5.81. The van der Waals surface area contributed by atoms with Gasteiger partial charge in [0.25, 0.3) is 0 Å². The van der Waals surface area contributed by atoms with Crippen molar-refractivity contribution >= 4 is 5.69 Å². The van der Waals surface area contributed by atoms with Gasteiger partial charge in [-0.15, -0.1) is 0 Å². The number of nitrogens with two attached hydrogens (primary N) is 1. The van der Waals surface area contributed by atoms with Gasteiger partial charge in [-0.2, -0.15) is 0 Å². The van der Waals surface area contributed by atoms with Crippen LogP contribution >= 0.6 is 0 Å². The molecule has 3 heteroatoms. The fourth-order valence-corrected chi connectivity index (χ4v) is 1.72. The zero-order valence-corrected chi connectivity index (χ0v) is 12.4. The molecule has 2 nitrogen and oxygen atoms in total. The summed E-state index contributed by atoms with van der Waals surface area (Å²) < 4.78 is 13.8. The number of benzene rings is 1. The maximum absolute atomic E-state index is 13.8. The molecule has 0 fully saturated rings. The Balaban J connectivity index is 3.28. The summed E-state index contributed by atoms with van der Waals surface area (Å²) in [7, 11) is 0. The first-order valence-corrected chi connectivity index (χ1v) is 6.42. The molecule has 1 rings (SSSR count). The Labute approximate surface area is 115 Å². The monoisotopic (exact) mass is 262 g/mol. The third kappa shape index (κ3) is 3.93. The van der Waals surface area contributed by atoms with Gasteiger partial charge in [0.1, 0.15) is 5.82 Å². The van der Waals surface area contributed by atoms with Crippen molar-refractivity contribution in [3.63, 3.8) is 0 Å². The number of halogens is 1. The molecular formula is C16H23FN2. The Hall–Kier alpha value is -1.61. The highest BCUT2D eigenvalue weighted by molar-refractivity contribution is 5.53. The molecule has 1 aromatic carbocycles. The van der Waals surface area contributed by atoms with E-state index in [0.717, 1.165) is 11.3 Å². The number of nitrogens with zero attached hydrogens (tertiary/aromatic N) is 1. The Morgan fingerprint density at radius 2 is 1.84 bits per heavy atom. The summed E-state index contributed by atoms with van der Waals surface area (Å²) >= 11 is 0. The number of hydrogen-bond acceptors (Lipinski definition) is 2. The lowest BCUT2D eigenvalue weighted by molar-refractivity contribution is 0.481. The molecule has 0 aliphatic rings. The quantitative estimate of drug-likeness (QED) is 0.497. The summed E-state index contributed by atoms with van der Waals surface area (Å²) in [4.78, 5) is 0. The van der Waals surface area contributed by atoms with Crippen LogP contribution in [0.2, 0.25) is 0 Å². The molecule has 0 saturated carbocycles. The highest BCUT2D eigenvalue weighted by Crippen LogP contribution is 2.32. The van der Waals surface area contributed by atoms with E-state index in [4.69, 9.17) is 5.84 Å². The van der Waals surface area contributed by atoms with Crippen LogP contribution in [0.3, 0.4) is 0 Å². The van der Waals surface area contributed by atoms with Gasteiger partial charge in [0.15, 0.2) is 0 Å². The zero-order valence-electron chi connectivity index (χ0n) is 12.4. The Kier molecular flexibility index (Phi) is 4.90. The molecule has 104 valence electrons. The van der Waals surface area contributed by atoms with Gasteiger partial charge in [-0.1, -0.05) is 44.6 Å². The van der Waals surface area contributed by atoms with E-state index in [9.17, 15) is 4.39 Å². The summed E-state index contributed by atoms with van der Waals surface area (Å²) in [6.07, 6.45) is 3.99. The molecule has 0 atom stereocenters. The van der Waals surface area contributed by atoms with Crippen LogP contribution in [-0.2, 0) is 0 Å². The van der Waals surface area contributed by atoms with Gasteiger partial charge >= 0.3 is 0 Å². The normalized spacial score (nSPS) is 13.6. The molecule has 19 heavy (non-hydrogen) atoms. The minimum Gasteiger partial charge on any atom is -0.280 e. The van der Waals surface area contributed by atoms with Crippen molar-refractivity contribution in [2.24, 2.45) is 11.3 Å². The fourth-order valence-electron chi connectivity index (χ4n) is 1.72. The number of anilines is 1. The van der Waals surface area contributed by atoms with Crippen LogP contribution in [0.5, 0.6) is 0 Å². The average Bonchev–Trinajstić information content (AvgIpc) is 2.34. The maximum Gasteiger partial charge on any atom is 0.148 e. The highest BCUT2D eigenvalue weighted by atomic mass is 19.1. The minimum atomic E-state index is -0.321.